The van der Waals surface area contributed by atoms with Crippen LogP contribution in [0.5, 0.6) is 11.6 Å². The van der Waals surface area contributed by atoms with E-state index in [0.29, 0.717) is 6.07 Å². The van der Waals surface area contributed by atoms with Crippen molar-refractivity contribution >= 4 is 5.91 Å². The van der Waals surface area contributed by atoms with Gasteiger partial charge in [0.2, 0.25) is 0 Å². The molecule has 1 aromatic carbocycles. The number of carbonyl (C=O) groups is 1. The number of carbonyl (C=O) groups excluding carboxylic acids is 1. The van der Waals surface area contributed by atoms with Crippen LogP contribution in [0.4, 0.5) is 22.0 Å². The number of benzene rings is 1. The van der Waals surface area contributed by atoms with Gasteiger partial charge in [-0.25, -0.2) is 13.8 Å². The number of methoxy groups -OCH3 is 1. The van der Waals surface area contributed by atoms with Gasteiger partial charge in [0, 0.05) is 19.0 Å². The van der Waals surface area contributed by atoms with Crippen molar-refractivity contribution in [1.29, 1.82) is 0 Å². The number of hydrogen-bond donors (Lipinski definition) is 0. The molecule has 2 aliphatic rings. The van der Waals surface area contributed by atoms with Crippen molar-refractivity contribution in [3.8, 4) is 11.6 Å². The molecule has 2 aliphatic heterocycles. The Balaban J connectivity index is 1.50. The van der Waals surface area contributed by atoms with Crippen LogP contribution in [-0.2, 0) is 19.8 Å². The van der Waals surface area contributed by atoms with Crippen LogP contribution < -0.4 is 9.47 Å². The van der Waals surface area contributed by atoms with Gasteiger partial charge in [0.25, 0.3) is 11.8 Å². The van der Waals surface area contributed by atoms with Gasteiger partial charge in [-0.05, 0) is 29.8 Å². The fourth-order valence-electron chi connectivity index (χ4n) is 3.95. The normalized spacial score (nSPS) is 24.4. The summed E-state index contributed by atoms with van der Waals surface area (Å²) in [7, 11) is 1.23. The number of rotatable bonds is 7. The highest BCUT2D eigenvalue weighted by Gasteiger charge is 2.51. The SMILES string of the molecule is [2H]C1([2H])OC2CN(C(=O)c3ccc(OCCOC(F)(F)F)c(OC)n3)CCC2(c2cc(F)cc(F)c2)O1. The van der Waals surface area contributed by atoms with Crippen LogP contribution in [0.1, 0.15) is 25.2 Å². The molecule has 1 amide bonds. The molecule has 0 aliphatic carbocycles. The zero-order valence-electron chi connectivity index (χ0n) is 20.2. The number of fused-ring (bicyclic) bond motifs is 1. The molecule has 35 heavy (non-hydrogen) atoms. The van der Waals surface area contributed by atoms with E-state index in [1.165, 1.54) is 24.1 Å². The van der Waals surface area contributed by atoms with E-state index in [2.05, 4.69) is 9.72 Å². The minimum atomic E-state index is -4.80. The molecule has 2 saturated heterocycles. The number of piperidine rings is 1. The Labute approximate surface area is 199 Å². The van der Waals surface area contributed by atoms with Crippen molar-refractivity contribution in [3.05, 3.63) is 53.2 Å². The van der Waals surface area contributed by atoms with E-state index in [4.69, 9.17) is 21.7 Å². The first-order valence-corrected chi connectivity index (χ1v) is 10.3. The Morgan fingerprint density at radius 3 is 2.69 bits per heavy atom. The Hall–Kier alpha value is -3.03. The second-order valence-corrected chi connectivity index (χ2v) is 7.69. The van der Waals surface area contributed by atoms with Crippen molar-refractivity contribution in [2.24, 2.45) is 0 Å². The summed E-state index contributed by atoms with van der Waals surface area (Å²) in [5.41, 5.74) is -1.59. The first kappa shape index (κ1) is 22.4. The molecular formula is C22H21F5N2O6. The standard InChI is InChI=1S/C22H21F5N2O6/c1-31-19-17(32-6-7-34-22(25,26)27)3-2-16(28-19)20(30)29-5-4-21(18(11-29)33-12-35-21)13-8-14(23)10-15(24)9-13/h2-3,8-10,18H,4-7,11-12H2,1H3/i12D2. The van der Waals surface area contributed by atoms with Gasteiger partial charge in [-0.15, -0.1) is 13.2 Å². The van der Waals surface area contributed by atoms with Crippen LogP contribution >= 0.6 is 0 Å². The monoisotopic (exact) mass is 506 g/mol. The number of pyridine rings is 1. The number of nitrogens with zero attached hydrogens (tertiary/aromatic N) is 2. The van der Waals surface area contributed by atoms with Gasteiger partial charge in [0.1, 0.15) is 42.4 Å². The van der Waals surface area contributed by atoms with Crippen molar-refractivity contribution in [1.82, 2.24) is 9.88 Å². The number of alkyl halides is 3. The van der Waals surface area contributed by atoms with Gasteiger partial charge in [-0.1, -0.05) is 0 Å². The lowest BCUT2D eigenvalue weighted by atomic mass is 9.82. The summed E-state index contributed by atoms with van der Waals surface area (Å²) in [4.78, 5) is 18.5. The van der Waals surface area contributed by atoms with Crippen LogP contribution in [0.2, 0.25) is 0 Å². The molecule has 8 nitrogen and oxygen atoms in total. The fraction of sp³-hybridized carbons (Fsp3) is 0.455. The third kappa shape index (κ3) is 5.46. The van der Waals surface area contributed by atoms with Crippen LogP contribution in [0.3, 0.4) is 0 Å². The van der Waals surface area contributed by atoms with E-state index >= 15 is 0 Å². The third-order valence-corrected chi connectivity index (χ3v) is 5.56. The van der Waals surface area contributed by atoms with E-state index in [0.717, 1.165) is 12.1 Å². The van der Waals surface area contributed by atoms with E-state index < -0.39 is 55.6 Å². The van der Waals surface area contributed by atoms with Gasteiger partial charge < -0.3 is 23.8 Å². The zero-order valence-corrected chi connectivity index (χ0v) is 18.2. The Bertz CT molecular complexity index is 1150. The second-order valence-electron chi connectivity index (χ2n) is 7.69. The summed E-state index contributed by atoms with van der Waals surface area (Å²) >= 11 is 0. The van der Waals surface area contributed by atoms with Gasteiger partial charge in [-0.2, -0.15) is 0 Å². The molecule has 2 atom stereocenters. The van der Waals surface area contributed by atoms with Gasteiger partial charge in [0.05, 0.1) is 23.0 Å². The summed E-state index contributed by atoms with van der Waals surface area (Å²) in [6.07, 6.45) is -5.94. The number of likely N-dealkylation sites (tertiary alicyclic amines) is 1. The highest BCUT2D eigenvalue weighted by Crippen LogP contribution is 2.43. The van der Waals surface area contributed by atoms with Gasteiger partial charge in [-0.3, -0.25) is 9.53 Å². The predicted octanol–water partition coefficient (Wildman–Crippen LogP) is 3.40. The maximum absolute atomic E-state index is 13.9. The summed E-state index contributed by atoms with van der Waals surface area (Å²) < 4.78 is 105. The highest BCUT2D eigenvalue weighted by atomic mass is 19.4. The van der Waals surface area contributed by atoms with E-state index in [9.17, 15) is 26.7 Å². The number of amides is 1. The van der Waals surface area contributed by atoms with Crippen molar-refractivity contribution < 1.29 is 53.2 Å². The summed E-state index contributed by atoms with van der Waals surface area (Å²) in [5.74, 6) is -2.52. The Morgan fingerprint density at radius 2 is 2.00 bits per heavy atom. The van der Waals surface area contributed by atoms with Crippen LogP contribution in [0.25, 0.3) is 0 Å². The van der Waals surface area contributed by atoms with Crippen LogP contribution in [-0.4, -0.2) is 68.4 Å². The molecule has 0 saturated carbocycles. The maximum Gasteiger partial charge on any atom is 0.522 e. The topological polar surface area (TPSA) is 79.4 Å². The van der Waals surface area contributed by atoms with Crippen LogP contribution in [0, 0.1) is 11.6 Å². The lowest BCUT2D eigenvalue weighted by Crippen LogP contribution is -2.53. The van der Waals surface area contributed by atoms with E-state index in [-0.39, 0.29) is 42.4 Å². The first-order valence-electron chi connectivity index (χ1n) is 11.3. The van der Waals surface area contributed by atoms with Gasteiger partial charge in [0.15, 0.2) is 5.75 Å². The fourth-order valence-corrected chi connectivity index (χ4v) is 3.95. The number of hydrogen-bond acceptors (Lipinski definition) is 7. The lowest BCUT2D eigenvalue weighted by Gasteiger charge is -2.41. The molecule has 0 N–H and O–H groups in total. The molecule has 1 aromatic heterocycles. The largest absolute Gasteiger partial charge is 0.522 e. The van der Waals surface area contributed by atoms with Crippen molar-refractivity contribution in [2.75, 3.05) is 40.2 Å². The average molecular weight is 506 g/mol. The molecule has 3 heterocycles. The molecule has 2 aromatic rings. The molecule has 0 radical (unpaired) electrons. The molecule has 0 bridgehead atoms. The third-order valence-electron chi connectivity index (χ3n) is 5.56. The molecule has 2 unspecified atom stereocenters. The Morgan fingerprint density at radius 1 is 1.26 bits per heavy atom. The Kier molecular flexibility index (Phi) is 6.35. The van der Waals surface area contributed by atoms with Crippen molar-refractivity contribution in [3.63, 3.8) is 0 Å². The van der Waals surface area contributed by atoms with E-state index in [1.807, 2.05) is 0 Å². The molecule has 4 rings (SSSR count). The number of halogens is 5. The summed E-state index contributed by atoms with van der Waals surface area (Å²) in [5, 5.41) is 0. The minimum absolute atomic E-state index is 0.00390. The highest BCUT2D eigenvalue weighted by molar-refractivity contribution is 5.92. The average Bonchev–Trinajstić information content (AvgIpc) is 3.10. The zero-order chi connectivity index (χ0) is 27.0. The summed E-state index contributed by atoms with van der Waals surface area (Å²) in [6.45, 7) is -3.98. The quantitative estimate of drug-likeness (QED) is 0.421. The minimum Gasteiger partial charge on any atom is -0.486 e. The predicted molar refractivity (Wildman–Crippen MR) is 108 cm³/mol. The molecule has 190 valence electrons. The second kappa shape index (κ2) is 9.91. The van der Waals surface area contributed by atoms with E-state index in [1.54, 1.807) is 0 Å². The van der Waals surface area contributed by atoms with Crippen molar-refractivity contribution in [2.45, 2.75) is 24.5 Å². The maximum atomic E-state index is 13.9. The number of aromatic nitrogens is 1. The number of ether oxygens (including phenoxy) is 5. The first-order chi connectivity index (χ1) is 17.3. The molecule has 2 fully saturated rings. The molecule has 13 heteroatoms. The lowest BCUT2D eigenvalue weighted by molar-refractivity contribution is -0.325. The van der Waals surface area contributed by atoms with Crippen LogP contribution in [0.15, 0.2) is 30.3 Å². The molecular weight excluding hydrogens is 483 g/mol. The smallest absolute Gasteiger partial charge is 0.486 e. The summed E-state index contributed by atoms with van der Waals surface area (Å²) in [6, 6.07) is 5.31. The molecule has 0 spiro atoms. The van der Waals surface area contributed by atoms with Gasteiger partial charge >= 0.3 is 6.36 Å².